The van der Waals surface area contributed by atoms with Crippen LogP contribution in [0.25, 0.3) is 16.6 Å². The molecule has 0 amide bonds. The van der Waals surface area contributed by atoms with Crippen molar-refractivity contribution in [1.82, 2.24) is 20.1 Å². The fourth-order valence-corrected chi connectivity index (χ4v) is 11.6. The number of benzene rings is 3. The standard InChI is InChI=1S/C41H39N5O9S/c1-17-32(48)22-12-24-25(13-42)46-26-14-52-40(50)41(39-21(10-11-43-41)20-8-6-7-9-23(20)44-39)15-56-38(31(46)30(45(24)4)27(22)33(49)35(17)51-5)29-28(26)37-36(53-16-54-37)18(2)34(29)55-19(3)47/h6-9,24-26,38,43-44,48-49H,10-12,14-16H2,1-5H3/t24-,25+,26+,38-,41-/m1/s1. The molecule has 56 heavy (non-hydrogen) atoms. The normalized spacial score (nSPS) is 25.6. The van der Waals surface area contributed by atoms with Gasteiger partial charge in [-0.25, -0.2) is 4.79 Å². The first kappa shape index (κ1) is 34.7. The molecule has 0 saturated carbocycles. The number of hydrogen-bond donors (Lipinski definition) is 4. The Morgan fingerprint density at radius 2 is 1.86 bits per heavy atom. The molecule has 5 atom stereocenters. The van der Waals surface area contributed by atoms with E-state index in [1.807, 2.05) is 42.0 Å². The van der Waals surface area contributed by atoms with E-state index < -0.39 is 40.9 Å². The lowest BCUT2D eigenvalue weighted by Crippen LogP contribution is -2.61. The summed E-state index contributed by atoms with van der Waals surface area (Å²) in [5, 5.41) is 38.8. The van der Waals surface area contributed by atoms with Crippen LogP contribution in [0.15, 0.2) is 30.0 Å². The molecule has 14 nitrogen and oxygen atoms in total. The zero-order chi connectivity index (χ0) is 38.9. The molecule has 1 aromatic heterocycles. The van der Waals surface area contributed by atoms with Gasteiger partial charge in [-0.05, 0) is 31.9 Å². The van der Waals surface area contributed by atoms with Crippen LogP contribution in [0.2, 0.25) is 0 Å². The molecule has 7 aliphatic heterocycles. The van der Waals surface area contributed by atoms with Crippen LogP contribution in [-0.2, 0) is 32.7 Å². The Morgan fingerprint density at radius 3 is 2.62 bits per heavy atom. The van der Waals surface area contributed by atoms with Gasteiger partial charge in [-0.1, -0.05) is 18.2 Å². The van der Waals surface area contributed by atoms with E-state index in [9.17, 15) is 25.1 Å². The Hall–Kier alpha value is -5.72. The number of aromatic hydroxyl groups is 2. The third-order valence-electron chi connectivity index (χ3n) is 12.5. The quantitative estimate of drug-likeness (QED) is 0.125. The number of carbonyl (C=O) groups is 2. The summed E-state index contributed by atoms with van der Waals surface area (Å²) in [7, 11) is 3.33. The van der Waals surface area contributed by atoms with E-state index in [0.29, 0.717) is 75.0 Å². The minimum atomic E-state index is -1.30. The van der Waals surface area contributed by atoms with Gasteiger partial charge in [-0.3, -0.25) is 10.1 Å². The molecule has 11 rings (SSSR count). The van der Waals surface area contributed by atoms with E-state index in [1.165, 1.54) is 25.8 Å². The summed E-state index contributed by atoms with van der Waals surface area (Å²) in [6, 6.07) is 8.42. The minimum absolute atomic E-state index is 0.0143. The zero-order valence-electron chi connectivity index (χ0n) is 31.4. The molecule has 8 heterocycles. The van der Waals surface area contributed by atoms with Gasteiger partial charge in [0.25, 0.3) is 0 Å². The number of aromatic amines is 1. The lowest BCUT2D eigenvalue weighted by molar-refractivity contribution is -0.154. The number of para-hydroxylation sites is 1. The first-order chi connectivity index (χ1) is 27.0. The van der Waals surface area contributed by atoms with Crippen molar-refractivity contribution in [3.63, 3.8) is 0 Å². The van der Waals surface area contributed by atoms with Gasteiger partial charge >= 0.3 is 11.9 Å². The van der Waals surface area contributed by atoms with Gasteiger partial charge < -0.3 is 48.7 Å². The van der Waals surface area contributed by atoms with Crippen molar-refractivity contribution in [2.24, 2.45) is 0 Å². The van der Waals surface area contributed by atoms with Crippen molar-refractivity contribution < 1.29 is 43.5 Å². The van der Waals surface area contributed by atoms with Crippen LogP contribution in [0.3, 0.4) is 0 Å². The largest absolute Gasteiger partial charge is 0.507 e. The number of ether oxygens (including phenoxy) is 5. The molecule has 15 heteroatoms. The van der Waals surface area contributed by atoms with E-state index in [1.54, 1.807) is 6.92 Å². The summed E-state index contributed by atoms with van der Waals surface area (Å²) < 4.78 is 30.5. The molecule has 0 radical (unpaired) electrons. The number of nitrogens with one attached hydrogen (secondary N) is 2. The van der Waals surface area contributed by atoms with Crippen LogP contribution in [-0.4, -0.2) is 88.9 Å². The van der Waals surface area contributed by atoms with Crippen molar-refractivity contribution in [2.75, 3.05) is 39.9 Å². The second-order valence-corrected chi connectivity index (χ2v) is 16.3. The Balaban J connectivity index is 1.31. The highest BCUT2D eigenvalue weighted by molar-refractivity contribution is 7.99. The Morgan fingerprint density at radius 1 is 1.07 bits per heavy atom. The smallest absolute Gasteiger partial charge is 0.333 e. The van der Waals surface area contributed by atoms with Crippen LogP contribution < -0.4 is 24.3 Å². The fraction of sp³-hybridized carbons (Fsp3) is 0.390. The van der Waals surface area contributed by atoms with E-state index in [2.05, 4.69) is 22.4 Å². The van der Waals surface area contributed by atoms with Crippen LogP contribution in [0.1, 0.15) is 62.9 Å². The summed E-state index contributed by atoms with van der Waals surface area (Å²) in [5.74, 6) is 0.284. The topological polar surface area (TPSA) is 179 Å². The second-order valence-electron chi connectivity index (χ2n) is 15.2. The maximum absolute atomic E-state index is 14.8. The number of phenols is 2. The number of aromatic nitrogens is 1. The number of hydrogen-bond acceptors (Lipinski definition) is 14. The molecule has 7 aliphatic rings. The van der Waals surface area contributed by atoms with Gasteiger partial charge in [0.15, 0.2) is 28.5 Å². The van der Waals surface area contributed by atoms with Crippen molar-refractivity contribution in [3.8, 4) is 40.6 Å². The first-order valence-electron chi connectivity index (χ1n) is 18.6. The molecule has 0 aliphatic carbocycles. The molecule has 4 bridgehead atoms. The summed E-state index contributed by atoms with van der Waals surface area (Å²) >= 11 is 1.44. The maximum Gasteiger partial charge on any atom is 0.333 e. The van der Waals surface area contributed by atoms with Crippen molar-refractivity contribution in [1.29, 1.82) is 5.26 Å². The molecule has 288 valence electrons. The van der Waals surface area contributed by atoms with Gasteiger partial charge in [0.1, 0.15) is 24.1 Å². The average molecular weight is 778 g/mol. The van der Waals surface area contributed by atoms with E-state index in [4.69, 9.17) is 23.7 Å². The number of thioether (sulfide) groups is 1. The molecule has 1 fully saturated rings. The predicted octanol–water partition coefficient (Wildman–Crippen LogP) is 4.72. The monoisotopic (exact) mass is 777 g/mol. The van der Waals surface area contributed by atoms with Crippen LogP contribution in [0.5, 0.6) is 34.5 Å². The highest BCUT2D eigenvalue weighted by atomic mass is 32.2. The third-order valence-corrected chi connectivity index (χ3v) is 13.9. The lowest BCUT2D eigenvalue weighted by atomic mass is 9.76. The number of carbonyl (C=O) groups excluding carboxylic acids is 2. The maximum atomic E-state index is 14.8. The number of H-pyrrole nitrogens is 1. The van der Waals surface area contributed by atoms with E-state index in [0.717, 1.165) is 22.2 Å². The number of phenolic OH excluding ortho intramolecular Hbond substituents is 2. The molecule has 0 unspecified atom stereocenters. The molecule has 4 N–H and O–H groups in total. The molecule has 3 aromatic carbocycles. The number of nitriles is 1. The fourth-order valence-electron chi connectivity index (χ4n) is 10.1. The van der Waals surface area contributed by atoms with E-state index >= 15 is 0 Å². The molecule has 1 saturated heterocycles. The summed E-state index contributed by atoms with van der Waals surface area (Å²) in [6.45, 7) is 5.08. The van der Waals surface area contributed by atoms with Crippen molar-refractivity contribution in [3.05, 3.63) is 74.6 Å². The van der Waals surface area contributed by atoms with Crippen molar-refractivity contribution >= 4 is 40.3 Å². The number of esters is 2. The second kappa shape index (κ2) is 12.1. The first-order valence-corrected chi connectivity index (χ1v) is 19.6. The van der Waals surface area contributed by atoms with Gasteiger partial charge in [0, 0.05) is 71.4 Å². The van der Waals surface area contributed by atoms with Crippen LogP contribution >= 0.6 is 11.8 Å². The molecular weight excluding hydrogens is 739 g/mol. The summed E-state index contributed by atoms with van der Waals surface area (Å²) in [6.07, 6.45) is 0.937. The molecular formula is C41H39N5O9S. The van der Waals surface area contributed by atoms with Crippen molar-refractivity contribution in [2.45, 2.75) is 62.5 Å². The number of fused-ring (bicyclic) bond motifs is 11. The Kier molecular flexibility index (Phi) is 7.53. The summed E-state index contributed by atoms with van der Waals surface area (Å²) in [5.41, 5.74) is 5.66. The summed E-state index contributed by atoms with van der Waals surface area (Å²) in [4.78, 5) is 35.3. The predicted molar refractivity (Wildman–Crippen MR) is 204 cm³/mol. The Labute approximate surface area is 325 Å². The van der Waals surface area contributed by atoms with Gasteiger partial charge in [-0.15, -0.1) is 11.8 Å². The average Bonchev–Trinajstić information content (AvgIpc) is 3.83. The highest BCUT2D eigenvalue weighted by Crippen LogP contribution is 2.65. The minimum Gasteiger partial charge on any atom is -0.507 e. The van der Waals surface area contributed by atoms with E-state index in [-0.39, 0.29) is 42.8 Å². The number of methoxy groups -OCH3 is 1. The number of likely N-dealkylation sites (N-methyl/N-ethyl adjacent to an activating group) is 1. The van der Waals surface area contributed by atoms with Crippen LogP contribution in [0.4, 0.5) is 0 Å². The van der Waals surface area contributed by atoms with Gasteiger partial charge in [0.2, 0.25) is 6.79 Å². The third kappa shape index (κ3) is 4.36. The van der Waals surface area contributed by atoms with Gasteiger partial charge in [0.05, 0.1) is 53.2 Å². The lowest BCUT2D eigenvalue weighted by Gasteiger charge is -2.57. The molecule has 1 spiro atoms. The number of rotatable bonds is 2. The highest BCUT2D eigenvalue weighted by Gasteiger charge is 2.58. The zero-order valence-corrected chi connectivity index (χ0v) is 32.2. The molecule has 4 aromatic rings. The number of nitrogens with zero attached hydrogens (tertiary/aromatic N) is 3. The SMILES string of the molecule is COc1c(C)c(O)c2c(c1O)C1=C3[C@@H]4SC[C@]5(NCCc6c5[nH]c5ccccc65)C(=O)OC[C@@H](c5c6c(c(C)c(OC(C)=O)c54)OCO6)N3[C@@H](C#N)[C@@H](C2)N1C. The Bertz CT molecular complexity index is 2520. The van der Waals surface area contributed by atoms with Gasteiger partial charge in [-0.2, -0.15) is 5.26 Å². The van der Waals surface area contributed by atoms with Crippen LogP contribution in [0, 0.1) is 25.2 Å².